The topological polar surface area (TPSA) is 35.5 Å². The van der Waals surface area contributed by atoms with Crippen molar-refractivity contribution < 1.29 is 5.11 Å². The van der Waals surface area contributed by atoms with Gasteiger partial charge in [-0.05, 0) is 43.4 Å². The first-order valence-electron chi connectivity index (χ1n) is 8.52. The van der Waals surface area contributed by atoms with Gasteiger partial charge in [0.1, 0.15) is 0 Å². The summed E-state index contributed by atoms with van der Waals surface area (Å²) < 4.78 is 0. The number of hydrogen-bond acceptors (Lipinski definition) is 3. The maximum Gasteiger partial charge on any atom is 0.0771 e. The van der Waals surface area contributed by atoms with Gasteiger partial charge in [-0.25, -0.2) is 0 Å². The average Bonchev–Trinajstić information content (AvgIpc) is 3.03. The van der Waals surface area contributed by atoms with Gasteiger partial charge in [0.25, 0.3) is 0 Å². The molecule has 2 fully saturated rings. The summed E-state index contributed by atoms with van der Waals surface area (Å²) in [6.07, 6.45) is 8.16. The molecule has 1 aliphatic carbocycles. The molecule has 3 rings (SSSR count). The van der Waals surface area contributed by atoms with Crippen LogP contribution >= 0.6 is 0 Å². The Hall–Kier alpha value is -1.06. The minimum Gasteiger partial charge on any atom is -0.389 e. The largest absolute Gasteiger partial charge is 0.389 e. The third kappa shape index (κ3) is 3.98. The van der Waals surface area contributed by atoms with E-state index in [-0.39, 0.29) is 0 Å². The lowest BCUT2D eigenvalue weighted by Crippen LogP contribution is -2.41. The fourth-order valence-corrected chi connectivity index (χ4v) is 3.63. The molecule has 2 N–H and O–H groups in total. The summed E-state index contributed by atoms with van der Waals surface area (Å²) in [5.74, 6) is 0. The first-order valence-corrected chi connectivity index (χ1v) is 8.52. The summed E-state index contributed by atoms with van der Waals surface area (Å²) in [6.45, 7) is 3.97. The molecule has 116 valence electrons. The lowest BCUT2D eigenvalue weighted by molar-refractivity contribution is 0.00468. The SMILES string of the molecule is OC1(CNCc2ccc(N3CCCC3)cc2)CCCCC1. The highest BCUT2D eigenvalue weighted by atomic mass is 16.3. The number of nitrogens with zero attached hydrogens (tertiary/aromatic N) is 1. The Balaban J connectivity index is 1.46. The molecule has 3 nitrogen and oxygen atoms in total. The van der Waals surface area contributed by atoms with Crippen molar-refractivity contribution in [1.29, 1.82) is 0 Å². The Morgan fingerprint density at radius 2 is 1.62 bits per heavy atom. The molecule has 0 amide bonds. The van der Waals surface area contributed by atoms with Crippen molar-refractivity contribution in [3.8, 4) is 0 Å². The van der Waals surface area contributed by atoms with Crippen molar-refractivity contribution >= 4 is 5.69 Å². The monoisotopic (exact) mass is 288 g/mol. The maximum atomic E-state index is 10.5. The summed E-state index contributed by atoms with van der Waals surface area (Å²) in [4.78, 5) is 2.46. The molecule has 0 atom stereocenters. The summed E-state index contributed by atoms with van der Waals surface area (Å²) in [5.41, 5.74) is 2.19. The van der Waals surface area contributed by atoms with Gasteiger partial charge in [-0.2, -0.15) is 0 Å². The Kier molecular flexibility index (Phi) is 4.81. The van der Waals surface area contributed by atoms with Crippen molar-refractivity contribution in [2.45, 2.75) is 57.1 Å². The van der Waals surface area contributed by atoms with Gasteiger partial charge in [0.15, 0.2) is 0 Å². The molecule has 0 unspecified atom stereocenters. The Labute approximate surface area is 128 Å². The van der Waals surface area contributed by atoms with Gasteiger partial charge >= 0.3 is 0 Å². The highest BCUT2D eigenvalue weighted by Crippen LogP contribution is 2.27. The lowest BCUT2D eigenvalue weighted by atomic mass is 9.85. The first-order chi connectivity index (χ1) is 10.3. The molecule has 1 aliphatic heterocycles. The Morgan fingerprint density at radius 1 is 0.952 bits per heavy atom. The van der Waals surface area contributed by atoms with E-state index in [0.717, 1.165) is 25.9 Å². The van der Waals surface area contributed by atoms with E-state index in [1.54, 1.807) is 0 Å². The van der Waals surface area contributed by atoms with Crippen LogP contribution in [0.25, 0.3) is 0 Å². The second kappa shape index (κ2) is 6.80. The van der Waals surface area contributed by atoms with Gasteiger partial charge in [-0.3, -0.25) is 0 Å². The van der Waals surface area contributed by atoms with Crippen LogP contribution < -0.4 is 10.2 Å². The van der Waals surface area contributed by atoms with Gasteiger partial charge in [0.05, 0.1) is 5.60 Å². The molecule has 0 aromatic heterocycles. The quantitative estimate of drug-likeness (QED) is 0.874. The fraction of sp³-hybridized carbons (Fsp3) is 0.667. The van der Waals surface area contributed by atoms with Crippen LogP contribution in [0.4, 0.5) is 5.69 Å². The summed E-state index contributed by atoms with van der Waals surface area (Å²) in [5, 5.41) is 13.9. The number of nitrogens with one attached hydrogen (secondary N) is 1. The second-order valence-electron chi connectivity index (χ2n) is 6.75. The van der Waals surface area contributed by atoms with Crippen LogP contribution in [0.2, 0.25) is 0 Å². The van der Waals surface area contributed by atoms with E-state index in [1.807, 2.05) is 0 Å². The highest BCUT2D eigenvalue weighted by Gasteiger charge is 2.28. The predicted molar refractivity (Wildman–Crippen MR) is 87.6 cm³/mol. The van der Waals surface area contributed by atoms with Gasteiger partial charge in [-0.1, -0.05) is 31.4 Å². The molecule has 3 heteroatoms. The summed E-state index contributed by atoms with van der Waals surface area (Å²) in [7, 11) is 0. The molecule has 1 saturated heterocycles. The van der Waals surface area contributed by atoms with Crippen LogP contribution in [0.15, 0.2) is 24.3 Å². The van der Waals surface area contributed by atoms with Crippen molar-refractivity contribution in [1.82, 2.24) is 5.32 Å². The third-order valence-corrected chi connectivity index (χ3v) is 4.97. The molecule has 2 aliphatic rings. The molecule has 1 saturated carbocycles. The zero-order valence-corrected chi connectivity index (χ0v) is 13.0. The van der Waals surface area contributed by atoms with Gasteiger partial charge in [0.2, 0.25) is 0 Å². The number of benzene rings is 1. The molecule has 0 radical (unpaired) electrons. The van der Waals surface area contributed by atoms with E-state index >= 15 is 0 Å². The fourth-order valence-electron chi connectivity index (χ4n) is 3.63. The van der Waals surface area contributed by atoms with Crippen molar-refractivity contribution in [3.63, 3.8) is 0 Å². The van der Waals surface area contributed by atoms with Crippen LogP contribution in [-0.2, 0) is 6.54 Å². The normalized spacial score (nSPS) is 21.7. The first kappa shape index (κ1) is 14.9. The van der Waals surface area contributed by atoms with Crippen LogP contribution in [-0.4, -0.2) is 30.3 Å². The van der Waals surface area contributed by atoms with E-state index in [4.69, 9.17) is 0 Å². The van der Waals surface area contributed by atoms with Crippen LogP contribution in [0, 0.1) is 0 Å². The number of hydrogen-bond donors (Lipinski definition) is 2. The predicted octanol–water partition coefficient (Wildman–Crippen LogP) is 3.07. The van der Waals surface area contributed by atoms with Crippen molar-refractivity contribution in [3.05, 3.63) is 29.8 Å². The lowest BCUT2D eigenvalue weighted by Gasteiger charge is -2.32. The second-order valence-corrected chi connectivity index (χ2v) is 6.75. The molecule has 1 aromatic carbocycles. The molecule has 21 heavy (non-hydrogen) atoms. The van der Waals surface area contributed by atoms with Crippen LogP contribution in [0.5, 0.6) is 0 Å². The highest BCUT2D eigenvalue weighted by molar-refractivity contribution is 5.48. The number of rotatable bonds is 5. The van der Waals surface area contributed by atoms with Gasteiger partial charge < -0.3 is 15.3 Å². The molecule has 0 bridgehead atoms. The molecular weight excluding hydrogens is 260 g/mol. The maximum absolute atomic E-state index is 10.5. The number of anilines is 1. The van der Waals surface area contributed by atoms with Gasteiger partial charge in [-0.15, -0.1) is 0 Å². The molecular formula is C18H28N2O. The van der Waals surface area contributed by atoms with E-state index in [9.17, 15) is 5.11 Å². The van der Waals surface area contributed by atoms with Crippen LogP contribution in [0.1, 0.15) is 50.5 Å². The third-order valence-electron chi connectivity index (χ3n) is 4.97. The average molecular weight is 288 g/mol. The number of aliphatic hydroxyl groups is 1. The standard InChI is InChI=1S/C18H28N2O/c21-18(10-2-1-3-11-18)15-19-14-16-6-8-17(9-7-16)20-12-4-5-13-20/h6-9,19,21H,1-5,10-15H2. The van der Waals surface area contributed by atoms with Crippen molar-refractivity contribution in [2.75, 3.05) is 24.5 Å². The Bertz CT molecular complexity index is 431. The van der Waals surface area contributed by atoms with E-state index < -0.39 is 5.60 Å². The smallest absolute Gasteiger partial charge is 0.0771 e. The van der Waals surface area contributed by atoms with Gasteiger partial charge in [0, 0.05) is 31.9 Å². The Morgan fingerprint density at radius 3 is 2.29 bits per heavy atom. The molecule has 0 spiro atoms. The molecule has 1 aromatic rings. The summed E-state index contributed by atoms with van der Waals surface area (Å²) in [6, 6.07) is 8.90. The zero-order chi connectivity index (χ0) is 14.5. The van der Waals surface area contributed by atoms with E-state index in [0.29, 0.717) is 0 Å². The molecule has 1 heterocycles. The zero-order valence-electron chi connectivity index (χ0n) is 13.0. The minimum atomic E-state index is -0.465. The summed E-state index contributed by atoms with van der Waals surface area (Å²) >= 11 is 0. The van der Waals surface area contributed by atoms with E-state index in [2.05, 4.69) is 34.5 Å². The van der Waals surface area contributed by atoms with E-state index in [1.165, 1.54) is 56.4 Å². The van der Waals surface area contributed by atoms with Crippen LogP contribution in [0.3, 0.4) is 0 Å². The van der Waals surface area contributed by atoms with Crippen molar-refractivity contribution in [2.24, 2.45) is 0 Å². The minimum absolute atomic E-state index is 0.465.